The predicted octanol–water partition coefficient (Wildman–Crippen LogP) is 1.65. The Morgan fingerprint density at radius 2 is 1.75 bits per heavy atom. The van der Waals surface area contributed by atoms with Crippen LogP contribution in [0.3, 0.4) is 0 Å². The molecule has 0 fully saturated rings. The molecular weight excluding hydrogens is 212 g/mol. The molecule has 84 valence electrons. The van der Waals surface area contributed by atoms with Crippen molar-refractivity contribution in [3.8, 4) is 5.69 Å². The van der Waals surface area contributed by atoms with Crippen LogP contribution in [0.5, 0.6) is 0 Å². The molecule has 0 aliphatic rings. The largest absolute Gasteiger partial charge is 0.326 e. The highest BCUT2D eigenvalue weighted by Crippen LogP contribution is 2.04. The number of aromatic nitrogens is 2. The first-order valence-electron chi connectivity index (χ1n) is 5.54. The molecular formula is C13H18N2Si. The maximum Gasteiger partial charge on any atom is 0.243 e. The summed E-state index contributed by atoms with van der Waals surface area (Å²) in [6, 6.07) is 8.83. The van der Waals surface area contributed by atoms with Crippen molar-refractivity contribution in [2.24, 2.45) is 7.05 Å². The summed E-state index contributed by atoms with van der Waals surface area (Å²) < 4.78 is 3.93. The van der Waals surface area contributed by atoms with E-state index in [2.05, 4.69) is 50.2 Å². The first-order chi connectivity index (χ1) is 7.47. The summed E-state index contributed by atoms with van der Waals surface area (Å²) >= 11 is 0. The number of aryl methyl sites for hydroxylation is 1. The van der Waals surface area contributed by atoms with Gasteiger partial charge in [0, 0.05) is 12.4 Å². The Morgan fingerprint density at radius 3 is 2.19 bits per heavy atom. The lowest BCUT2D eigenvalue weighted by Crippen LogP contribution is -2.38. The standard InChI is InChI=1S/C13H18N2Si/c1-14-9-10-15(11-14)12-5-7-13(8-6-12)16(2,3)4/h5-10H,1-4H3. The van der Waals surface area contributed by atoms with Gasteiger partial charge in [0.1, 0.15) is 0 Å². The second-order valence-electron chi connectivity index (χ2n) is 5.18. The zero-order chi connectivity index (χ0) is 11.8. The van der Waals surface area contributed by atoms with E-state index in [4.69, 9.17) is 0 Å². The Hall–Kier alpha value is -1.35. The summed E-state index contributed by atoms with van der Waals surface area (Å²) in [6.45, 7) is 7.09. The van der Waals surface area contributed by atoms with Gasteiger partial charge in [-0.1, -0.05) is 49.1 Å². The fraction of sp³-hybridized carbons (Fsp3) is 0.308. The fourth-order valence-corrected chi connectivity index (χ4v) is 2.84. The summed E-state index contributed by atoms with van der Waals surface area (Å²) in [5.74, 6) is 0. The number of hydrogen-bond donors (Lipinski definition) is 0. The van der Waals surface area contributed by atoms with E-state index in [0.29, 0.717) is 0 Å². The van der Waals surface area contributed by atoms with Gasteiger partial charge in [0.2, 0.25) is 6.33 Å². The molecule has 0 spiro atoms. The highest BCUT2D eigenvalue weighted by Gasteiger charge is 2.15. The molecule has 1 aromatic heterocycles. The predicted molar refractivity (Wildman–Crippen MR) is 68.8 cm³/mol. The Balaban J connectivity index is 2.33. The van der Waals surface area contributed by atoms with Crippen LogP contribution < -0.4 is 9.75 Å². The van der Waals surface area contributed by atoms with E-state index in [1.54, 1.807) is 0 Å². The molecule has 0 aliphatic heterocycles. The molecule has 2 rings (SSSR count). The second kappa shape index (κ2) is 3.90. The SMILES string of the molecule is Cn1[c-][n+](-c2ccc([Si](C)(C)C)cc2)cc1. The van der Waals surface area contributed by atoms with Gasteiger partial charge in [-0.2, -0.15) is 0 Å². The van der Waals surface area contributed by atoms with Crippen LogP contribution in [0, 0.1) is 6.33 Å². The molecule has 0 aliphatic carbocycles. The molecule has 16 heavy (non-hydrogen) atoms. The van der Waals surface area contributed by atoms with Crippen molar-refractivity contribution in [3.63, 3.8) is 0 Å². The van der Waals surface area contributed by atoms with Crippen LogP contribution in [0.2, 0.25) is 19.6 Å². The van der Waals surface area contributed by atoms with Crippen LogP contribution in [0.1, 0.15) is 0 Å². The molecule has 0 radical (unpaired) electrons. The molecule has 0 saturated carbocycles. The third-order valence-corrected chi connectivity index (χ3v) is 4.78. The molecule has 0 atom stereocenters. The molecule has 0 N–H and O–H groups in total. The van der Waals surface area contributed by atoms with Crippen molar-refractivity contribution in [2.45, 2.75) is 19.6 Å². The third-order valence-electron chi connectivity index (χ3n) is 2.72. The normalized spacial score (nSPS) is 11.8. The maximum atomic E-state index is 3.20. The zero-order valence-electron chi connectivity index (χ0n) is 10.4. The molecule has 2 nitrogen and oxygen atoms in total. The van der Waals surface area contributed by atoms with Gasteiger partial charge in [-0.05, 0) is 0 Å². The maximum absolute atomic E-state index is 3.20. The molecule has 1 aromatic carbocycles. The number of benzene rings is 1. The van der Waals surface area contributed by atoms with Gasteiger partial charge in [-0.25, -0.2) is 0 Å². The molecule has 1 heterocycles. The summed E-state index contributed by atoms with van der Waals surface area (Å²) in [4.78, 5) is 0. The summed E-state index contributed by atoms with van der Waals surface area (Å²) in [5, 5.41) is 1.49. The van der Waals surface area contributed by atoms with E-state index in [1.807, 2.05) is 28.6 Å². The molecule has 3 heteroatoms. The topological polar surface area (TPSA) is 8.81 Å². The van der Waals surface area contributed by atoms with Crippen molar-refractivity contribution >= 4 is 13.3 Å². The van der Waals surface area contributed by atoms with E-state index in [0.717, 1.165) is 0 Å². The summed E-state index contributed by atoms with van der Waals surface area (Å²) in [7, 11) is 0.802. The highest BCUT2D eigenvalue weighted by atomic mass is 28.3. The number of imidazole rings is 1. The summed E-state index contributed by atoms with van der Waals surface area (Å²) in [6.07, 6.45) is 7.21. The van der Waals surface area contributed by atoms with E-state index in [1.165, 1.54) is 10.9 Å². The minimum absolute atomic E-state index is 1.17. The molecule has 0 bridgehead atoms. The van der Waals surface area contributed by atoms with E-state index in [9.17, 15) is 0 Å². The fourth-order valence-electron chi connectivity index (χ4n) is 1.67. The van der Waals surface area contributed by atoms with Crippen LogP contribution in [-0.4, -0.2) is 12.6 Å². The van der Waals surface area contributed by atoms with Crippen molar-refractivity contribution in [1.82, 2.24) is 4.57 Å². The van der Waals surface area contributed by atoms with Crippen molar-refractivity contribution in [3.05, 3.63) is 43.0 Å². The summed E-state index contributed by atoms with van der Waals surface area (Å²) in [5.41, 5.74) is 1.17. The molecule has 0 amide bonds. The van der Waals surface area contributed by atoms with Crippen LogP contribution in [0.25, 0.3) is 5.69 Å². The highest BCUT2D eigenvalue weighted by molar-refractivity contribution is 6.88. The number of hydrogen-bond acceptors (Lipinski definition) is 0. The first-order valence-corrected chi connectivity index (χ1v) is 9.04. The molecule has 2 aromatic rings. The third kappa shape index (κ3) is 2.24. The van der Waals surface area contributed by atoms with Crippen molar-refractivity contribution in [1.29, 1.82) is 0 Å². The molecule has 0 saturated heterocycles. The lowest BCUT2D eigenvalue weighted by Gasteiger charge is -2.17. The van der Waals surface area contributed by atoms with Gasteiger partial charge in [-0.15, -0.1) is 0 Å². The van der Waals surface area contributed by atoms with Gasteiger partial charge < -0.3 is 9.13 Å². The Bertz CT molecular complexity index is 477. The van der Waals surface area contributed by atoms with E-state index >= 15 is 0 Å². The van der Waals surface area contributed by atoms with Crippen molar-refractivity contribution < 1.29 is 4.57 Å². The zero-order valence-corrected chi connectivity index (χ0v) is 11.4. The lowest BCUT2D eigenvalue weighted by atomic mass is 10.3. The van der Waals surface area contributed by atoms with Crippen molar-refractivity contribution in [2.75, 3.05) is 0 Å². The Morgan fingerprint density at radius 1 is 1.12 bits per heavy atom. The van der Waals surface area contributed by atoms with Crippen LogP contribution in [0.4, 0.5) is 0 Å². The van der Waals surface area contributed by atoms with Gasteiger partial charge in [0.25, 0.3) is 0 Å². The van der Waals surface area contributed by atoms with Crippen LogP contribution >= 0.6 is 0 Å². The lowest BCUT2D eigenvalue weighted by molar-refractivity contribution is -0.599. The van der Waals surface area contributed by atoms with E-state index in [-0.39, 0.29) is 0 Å². The monoisotopic (exact) mass is 230 g/mol. The quantitative estimate of drug-likeness (QED) is 0.421. The average Bonchev–Trinajstić information content (AvgIpc) is 2.64. The van der Waals surface area contributed by atoms with Gasteiger partial charge in [0.05, 0.1) is 20.8 Å². The average molecular weight is 230 g/mol. The first kappa shape index (κ1) is 11.1. The van der Waals surface area contributed by atoms with E-state index < -0.39 is 8.07 Å². The minimum Gasteiger partial charge on any atom is -0.326 e. The molecule has 0 unspecified atom stereocenters. The second-order valence-corrected chi connectivity index (χ2v) is 10.3. The van der Waals surface area contributed by atoms with Gasteiger partial charge >= 0.3 is 0 Å². The van der Waals surface area contributed by atoms with Gasteiger partial charge in [0.15, 0.2) is 0 Å². The van der Waals surface area contributed by atoms with Crippen LogP contribution in [-0.2, 0) is 7.05 Å². The Labute approximate surface area is 98.2 Å². The number of nitrogens with zero attached hydrogens (tertiary/aromatic N) is 2. The Kier molecular flexibility index (Phi) is 2.72. The van der Waals surface area contributed by atoms with Crippen LogP contribution in [0.15, 0.2) is 36.7 Å². The minimum atomic E-state index is -1.18. The smallest absolute Gasteiger partial charge is 0.243 e. The van der Waals surface area contributed by atoms with Gasteiger partial charge in [-0.3, -0.25) is 0 Å². The number of rotatable bonds is 2.